The van der Waals surface area contributed by atoms with Crippen molar-refractivity contribution in [3.63, 3.8) is 0 Å². The Kier molecular flexibility index (Phi) is 5.77. The van der Waals surface area contributed by atoms with Crippen LogP contribution in [0, 0.1) is 13.8 Å². The molecule has 1 rings (SSSR count). The highest BCUT2D eigenvalue weighted by Crippen LogP contribution is 2.21. The zero-order chi connectivity index (χ0) is 9.84. The smallest absolute Gasteiger partial charge is 0.0449 e. The average Bonchev–Trinajstić information content (AvgIpc) is 2.04. The molecule has 1 aromatic carbocycles. The molecule has 3 heteroatoms. The number of hydrogen-bond donors (Lipinski definition) is 2. The molecule has 14 heavy (non-hydrogen) atoms. The number of nitrogens with two attached hydrogens (primary N) is 1. The molecule has 0 bridgehead atoms. The maximum absolute atomic E-state index is 8.80. The predicted molar refractivity (Wildman–Crippen MR) is 61.8 cm³/mol. The fourth-order valence-electron chi connectivity index (χ4n) is 1.70. The second kappa shape index (κ2) is 6.02. The van der Waals surface area contributed by atoms with Gasteiger partial charge in [-0.2, -0.15) is 0 Å². The first-order valence-corrected chi connectivity index (χ1v) is 4.59. The summed E-state index contributed by atoms with van der Waals surface area (Å²) in [6.45, 7) is 4.26. The lowest BCUT2D eigenvalue weighted by molar-refractivity contribution is 0.276. The van der Waals surface area contributed by atoms with E-state index < -0.39 is 0 Å². The van der Waals surface area contributed by atoms with Gasteiger partial charge < -0.3 is 10.8 Å². The van der Waals surface area contributed by atoms with E-state index in [0.717, 1.165) is 0 Å². The topological polar surface area (TPSA) is 46.2 Å². The molecule has 80 valence electrons. The van der Waals surface area contributed by atoms with Crippen LogP contribution < -0.4 is 5.73 Å². The van der Waals surface area contributed by atoms with Gasteiger partial charge in [0.1, 0.15) is 0 Å². The van der Waals surface area contributed by atoms with Crippen LogP contribution in [0.25, 0.3) is 0 Å². The Balaban J connectivity index is 0.00000169. The Bertz CT molecular complexity index is 268. The van der Waals surface area contributed by atoms with E-state index in [1.54, 1.807) is 0 Å². The summed E-state index contributed by atoms with van der Waals surface area (Å²) < 4.78 is 0. The van der Waals surface area contributed by atoms with Crippen molar-refractivity contribution in [3.8, 4) is 0 Å². The monoisotopic (exact) mass is 215 g/mol. The van der Waals surface area contributed by atoms with Crippen molar-refractivity contribution in [2.24, 2.45) is 5.73 Å². The summed E-state index contributed by atoms with van der Waals surface area (Å²) in [6, 6.07) is 6.10. The Hall–Kier alpha value is -0.570. The minimum absolute atomic E-state index is 0. The van der Waals surface area contributed by atoms with Gasteiger partial charge in [-0.05, 0) is 37.0 Å². The third-order valence-corrected chi connectivity index (χ3v) is 2.35. The van der Waals surface area contributed by atoms with Gasteiger partial charge in [0.15, 0.2) is 0 Å². The standard InChI is InChI=1S/C11H17NO.ClH/c1-8-4-3-5-9(2)11(8)10(12)6-7-13;/h3-5,10,13H,6-7,12H2,1-2H3;1H/t10-;/m0./s1. The zero-order valence-electron chi connectivity index (χ0n) is 8.66. The highest BCUT2D eigenvalue weighted by atomic mass is 35.5. The molecule has 0 amide bonds. The molecule has 0 aliphatic heterocycles. The fourth-order valence-corrected chi connectivity index (χ4v) is 1.70. The lowest BCUT2D eigenvalue weighted by Crippen LogP contribution is -2.14. The van der Waals surface area contributed by atoms with Crippen LogP contribution in [-0.4, -0.2) is 11.7 Å². The molecule has 0 saturated heterocycles. The summed E-state index contributed by atoms with van der Waals surface area (Å²) in [5.74, 6) is 0. The molecule has 1 atom stereocenters. The molecule has 0 unspecified atom stereocenters. The number of aliphatic hydroxyl groups excluding tert-OH is 1. The first-order chi connectivity index (χ1) is 6.16. The van der Waals surface area contributed by atoms with E-state index in [1.165, 1.54) is 16.7 Å². The van der Waals surface area contributed by atoms with Crippen LogP contribution in [0.1, 0.15) is 29.2 Å². The lowest BCUT2D eigenvalue weighted by atomic mass is 9.95. The number of halogens is 1. The number of aliphatic hydroxyl groups is 1. The largest absolute Gasteiger partial charge is 0.396 e. The quantitative estimate of drug-likeness (QED) is 0.812. The molecule has 1 aromatic rings. The SMILES string of the molecule is Cc1cccc(C)c1[C@@H](N)CCO.Cl. The first kappa shape index (κ1) is 13.4. The highest BCUT2D eigenvalue weighted by Gasteiger charge is 2.10. The van der Waals surface area contributed by atoms with Crippen molar-refractivity contribution in [2.45, 2.75) is 26.3 Å². The van der Waals surface area contributed by atoms with Gasteiger partial charge in [0, 0.05) is 12.6 Å². The van der Waals surface area contributed by atoms with Gasteiger partial charge in [0.2, 0.25) is 0 Å². The summed E-state index contributed by atoms with van der Waals surface area (Å²) >= 11 is 0. The summed E-state index contributed by atoms with van der Waals surface area (Å²) in [7, 11) is 0. The Labute approximate surface area is 91.5 Å². The van der Waals surface area contributed by atoms with Crippen LogP contribution in [0.15, 0.2) is 18.2 Å². The Morgan fingerprint density at radius 1 is 1.29 bits per heavy atom. The van der Waals surface area contributed by atoms with Gasteiger partial charge in [-0.1, -0.05) is 18.2 Å². The van der Waals surface area contributed by atoms with Crippen LogP contribution >= 0.6 is 12.4 Å². The second-order valence-corrected chi connectivity index (χ2v) is 3.42. The summed E-state index contributed by atoms with van der Waals surface area (Å²) in [4.78, 5) is 0. The van der Waals surface area contributed by atoms with E-state index in [-0.39, 0.29) is 25.1 Å². The van der Waals surface area contributed by atoms with Crippen LogP contribution in [0.4, 0.5) is 0 Å². The van der Waals surface area contributed by atoms with Crippen LogP contribution in [0.2, 0.25) is 0 Å². The van der Waals surface area contributed by atoms with Crippen molar-refractivity contribution < 1.29 is 5.11 Å². The Morgan fingerprint density at radius 3 is 2.21 bits per heavy atom. The lowest BCUT2D eigenvalue weighted by Gasteiger charge is -2.16. The third-order valence-electron chi connectivity index (χ3n) is 2.35. The maximum Gasteiger partial charge on any atom is 0.0449 e. The summed E-state index contributed by atoms with van der Waals surface area (Å²) in [6.07, 6.45) is 0.631. The van der Waals surface area contributed by atoms with Crippen LogP contribution in [0.5, 0.6) is 0 Å². The van der Waals surface area contributed by atoms with Crippen molar-refractivity contribution in [2.75, 3.05) is 6.61 Å². The number of aryl methyl sites for hydroxylation is 2. The first-order valence-electron chi connectivity index (χ1n) is 4.59. The molecule has 0 aliphatic carbocycles. The molecule has 0 aliphatic rings. The van der Waals surface area contributed by atoms with E-state index in [1.807, 2.05) is 6.07 Å². The van der Waals surface area contributed by atoms with Crippen molar-refractivity contribution in [1.29, 1.82) is 0 Å². The van der Waals surface area contributed by atoms with Gasteiger partial charge in [0.25, 0.3) is 0 Å². The number of hydrogen-bond acceptors (Lipinski definition) is 2. The van der Waals surface area contributed by atoms with Gasteiger partial charge in [-0.25, -0.2) is 0 Å². The van der Waals surface area contributed by atoms with E-state index in [2.05, 4.69) is 26.0 Å². The number of rotatable bonds is 3. The van der Waals surface area contributed by atoms with Gasteiger partial charge in [-0.15, -0.1) is 12.4 Å². The molecule has 3 N–H and O–H groups in total. The molecular formula is C11H18ClNO. The molecular weight excluding hydrogens is 198 g/mol. The van der Waals surface area contributed by atoms with E-state index >= 15 is 0 Å². The molecule has 0 heterocycles. The summed E-state index contributed by atoms with van der Waals surface area (Å²) in [5, 5.41) is 8.80. The van der Waals surface area contributed by atoms with Crippen LogP contribution in [0.3, 0.4) is 0 Å². The molecule has 0 radical (unpaired) electrons. The zero-order valence-corrected chi connectivity index (χ0v) is 9.47. The Morgan fingerprint density at radius 2 is 1.79 bits per heavy atom. The number of benzene rings is 1. The minimum Gasteiger partial charge on any atom is -0.396 e. The fraction of sp³-hybridized carbons (Fsp3) is 0.455. The molecule has 0 spiro atoms. The maximum atomic E-state index is 8.80. The predicted octanol–water partition coefficient (Wildman–Crippen LogP) is 2.11. The van der Waals surface area contributed by atoms with Gasteiger partial charge in [-0.3, -0.25) is 0 Å². The normalized spacial score (nSPS) is 12.0. The van der Waals surface area contributed by atoms with Gasteiger partial charge >= 0.3 is 0 Å². The van der Waals surface area contributed by atoms with Crippen molar-refractivity contribution in [3.05, 3.63) is 34.9 Å². The van der Waals surface area contributed by atoms with E-state index in [4.69, 9.17) is 10.8 Å². The van der Waals surface area contributed by atoms with Gasteiger partial charge in [0.05, 0.1) is 0 Å². The minimum atomic E-state index is -0.0359. The molecule has 0 aromatic heterocycles. The average molecular weight is 216 g/mol. The van der Waals surface area contributed by atoms with Crippen molar-refractivity contribution in [1.82, 2.24) is 0 Å². The molecule has 0 fully saturated rings. The third kappa shape index (κ3) is 2.98. The highest BCUT2D eigenvalue weighted by molar-refractivity contribution is 5.85. The molecule has 0 saturated carbocycles. The van der Waals surface area contributed by atoms with Crippen molar-refractivity contribution >= 4 is 12.4 Å². The van der Waals surface area contributed by atoms with E-state index in [9.17, 15) is 0 Å². The van der Waals surface area contributed by atoms with E-state index in [0.29, 0.717) is 6.42 Å². The second-order valence-electron chi connectivity index (χ2n) is 3.42. The van der Waals surface area contributed by atoms with Crippen LogP contribution in [-0.2, 0) is 0 Å². The molecule has 2 nitrogen and oxygen atoms in total. The summed E-state index contributed by atoms with van der Waals surface area (Å²) in [5.41, 5.74) is 9.54.